The van der Waals surface area contributed by atoms with Gasteiger partial charge in [-0.3, -0.25) is 9.59 Å². The first-order valence-corrected chi connectivity index (χ1v) is 14.3. The summed E-state index contributed by atoms with van der Waals surface area (Å²) in [6.45, 7) is 2.32. The van der Waals surface area contributed by atoms with Crippen molar-refractivity contribution in [2.75, 3.05) is 6.61 Å². The number of carbonyl (C=O) groups excluding carboxylic acids is 2. The van der Waals surface area contributed by atoms with Gasteiger partial charge in [-0.15, -0.1) is 0 Å². The summed E-state index contributed by atoms with van der Waals surface area (Å²) in [5.74, 6) is -0.415. The Balaban J connectivity index is 1.34. The molecule has 0 bridgehead atoms. The molecule has 1 saturated heterocycles. The highest BCUT2D eigenvalue weighted by Gasteiger charge is 2.53. The van der Waals surface area contributed by atoms with Crippen LogP contribution in [0.5, 0.6) is 11.5 Å². The largest absolute Gasteiger partial charge is 0.508 e. The molecule has 2 N–H and O–H groups in total. The SMILES string of the molecule is C/C(=C\c1cccc(O)c1)CC[C@H]1OB(O)C[C@H]2C1=C(COc1ccccc1)C[C@H]1C(=O)c3ccccc3C(=O)[C@H]12. The summed E-state index contributed by atoms with van der Waals surface area (Å²) in [6.07, 6.45) is 3.61. The van der Waals surface area contributed by atoms with E-state index in [1.807, 2.05) is 55.5 Å². The Morgan fingerprint density at radius 3 is 2.46 bits per heavy atom. The number of carbonyl (C=O) groups is 2. The molecule has 2 aliphatic carbocycles. The first-order chi connectivity index (χ1) is 19.9. The van der Waals surface area contributed by atoms with Gasteiger partial charge in [-0.2, -0.15) is 0 Å². The lowest BCUT2D eigenvalue weighted by molar-refractivity contribution is 0.0592. The van der Waals surface area contributed by atoms with Gasteiger partial charge in [-0.25, -0.2) is 0 Å². The molecular formula is C34H33BO6. The maximum absolute atomic E-state index is 13.9. The zero-order valence-electron chi connectivity index (χ0n) is 23.0. The quantitative estimate of drug-likeness (QED) is 0.271. The fraction of sp³-hybridized carbons (Fsp3) is 0.294. The van der Waals surface area contributed by atoms with E-state index in [-0.39, 0.29) is 36.2 Å². The standard InChI is InChI=1S/C34H33BO6/c1-21(16-22-8-7-9-24(36)17-22)14-15-30-31-23(20-40-25-10-3-2-4-11-25)18-28-32(29(31)19-35(39)41-30)34(38)27-13-6-5-12-26(27)33(28)37/h2-13,16-17,28-30,32,36,39H,14-15,18-20H2,1H3/b21-16+/t28-,29+,30-,32-/m1/s1. The van der Waals surface area contributed by atoms with Gasteiger partial charge < -0.3 is 19.5 Å². The van der Waals surface area contributed by atoms with Gasteiger partial charge in [-0.05, 0) is 79.4 Å². The number of rotatable bonds is 7. The lowest BCUT2D eigenvalue weighted by atomic mass is 9.54. The Labute approximate surface area is 240 Å². The number of para-hydroxylation sites is 1. The van der Waals surface area contributed by atoms with E-state index in [1.165, 1.54) is 0 Å². The van der Waals surface area contributed by atoms with Crippen LogP contribution in [0.15, 0.2) is 95.6 Å². The number of phenolic OH excluding ortho intramolecular Hbond substituents is 1. The Morgan fingerprint density at radius 2 is 1.71 bits per heavy atom. The van der Waals surface area contributed by atoms with E-state index in [9.17, 15) is 19.7 Å². The number of ether oxygens (including phenoxy) is 1. The molecule has 0 aromatic heterocycles. The van der Waals surface area contributed by atoms with Crippen LogP contribution < -0.4 is 4.74 Å². The lowest BCUT2D eigenvalue weighted by Crippen LogP contribution is -2.51. The molecular weight excluding hydrogens is 515 g/mol. The number of phenols is 1. The van der Waals surface area contributed by atoms with Crippen LogP contribution in [0.2, 0.25) is 6.32 Å². The molecule has 7 heteroatoms. The predicted molar refractivity (Wildman–Crippen MR) is 158 cm³/mol. The molecule has 0 unspecified atom stereocenters. The Bertz CT molecular complexity index is 1530. The molecule has 0 amide bonds. The molecule has 4 atom stereocenters. The maximum atomic E-state index is 13.9. The number of hydrogen-bond acceptors (Lipinski definition) is 6. The molecule has 3 aliphatic rings. The van der Waals surface area contributed by atoms with Crippen LogP contribution in [0, 0.1) is 17.8 Å². The van der Waals surface area contributed by atoms with Gasteiger partial charge in [0.05, 0.1) is 6.10 Å². The lowest BCUT2D eigenvalue weighted by Gasteiger charge is -2.47. The summed E-state index contributed by atoms with van der Waals surface area (Å²) in [5.41, 5.74) is 4.95. The summed E-state index contributed by atoms with van der Waals surface area (Å²) in [4.78, 5) is 27.6. The average Bonchev–Trinajstić information content (AvgIpc) is 2.97. The van der Waals surface area contributed by atoms with Crippen molar-refractivity contribution in [3.63, 3.8) is 0 Å². The maximum Gasteiger partial charge on any atom is 0.455 e. The van der Waals surface area contributed by atoms with Crippen LogP contribution in [0.1, 0.15) is 52.5 Å². The molecule has 41 heavy (non-hydrogen) atoms. The van der Waals surface area contributed by atoms with E-state index in [1.54, 1.807) is 36.4 Å². The Hall–Kier alpha value is -3.94. The van der Waals surface area contributed by atoms with Crippen molar-refractivity contribution >= 4 is 24.8 Å². The summed E-state index contributed by atoms with van der Waals surface area (Å²) >= 11 is 0. The fourth-order valence-electron chi connectivity index (χ4n) is 6.82. The van der Waals surface area contributed by atoms with E-state index in [4.69, 9.17) is 9.39 Å². The average molecular weight is 548 g/mol. The van der Waals surface area contributed by atoms with Crippen molar-refractivity contribution in [2.45, 2.75) is 38.6 Å². The highest BCUT2D eigenvalue weighted by Crippen LogP contribution is 2.51. The van der Waals surface area contributed by atoms with Crippen LogP contribution in [0.25, 0.3) is 6.08 Å². The van der Waals surface area contributed by atoms with E-state index in [0.29, 0.717) is 30.4 Å². The molecule has 0 saturated carbocycles. The molecule has 0 spiro atoms. The molecule has 6 nitrogen and oxygen atoms in total. The molecule has 1 aliphatic heterocycles. The Morgan fingerprint density at radius 1 is 0.976 bits per heavy atom. The summed E-state index contributed by atoms with van der Waals surface area (Å²) in [5, 5.41) is 20.7. The number of fused-ring (bicyclic) bond motifs is 4. The van der Waals surface area contributed by atoms with Crippen molar-refractivity contribution in [3.8, 4) is 11.5 Å². The summed E-state index contributed by atoms with van der Waals surface area (Å²) < 4.78 is 12.3. The summed E-state index contributed by atoms with van der Waals surface area (Å²) in [6, 6.07) is 23.7. The zero-order chi connectivity index (χ0) is 28.5. The molecule has 1 fully saturated rings. The third-order valence-electron chi connectivity index (χ3n) is 8.60. The number of hydrogen-bond donors (Lipinski definition) is 2. The van der Waals surface area contributed by atoms with Crippen LogP contribution in [-0.4, -0.2) is 41.5 Å². The number of benzene rings is 3. The van der Waals surface area contributed by atoms with Crippen molar-refractivity contribution in [1.82, 2.24) is 0 Å². The second kappa shape index (κ2) is 11.5. The molecule has 0 radical (unpaired) electrons. The molecule has 1 heterocycles. The molecule has 3 aromatic rings. The molecule has 3 aromatic carbocycles. The van der Waals surface area contributed by atoms with E-state index in [2.05, 4.69) is 0 Å². The predicted octanol–water partition coefficient (Wildman–Crippen LogP) is 6.16. The summed E-state index contributed by atoms with van der Waals surface area (Å²) in [7, 11) is -1.03. The normalized spacial score (nSPS) is 24.0. The van der Waals surface area contributed by atoms with Gasteiger partial charge >= 0.3 is 7.12 Å². The number of ketones is 2. The fourth-order valence-corrected chi connectivity index (χ4v) is 6.82. The van der Waals surface area contributed by atoms with Crippen LogP contribution in [-0.2, 0) is 4.65 Å². The zero-order valence-corrected chi connectivity index (χ0v) is 23.0. The molecule has 208 valence electrons. The minimum Gasteiger partial charge on any atom is -0.508 e. The van der Waals surface area contributed by atoms with Crippen molar-refractivity contribution in [2.24, 2.45) is 17.8 Å². The van der Waals surface area contributed by atoms with Gasteiger partial charge in [0.2, 0.25) is 0 Å². The highest BCUT2D eigenvalue weighted by atomic mass is 16.5. The smallest absolute Gasteiger partial charge is 0.455 e. The van der Waals surface area contributed by atoms with Gasteiger partial charge in [0.25, 0.3) is 0 Å². The first-order valence-electron chi connectivity index (χ1n) is 14.3. The van der Waals surface area contributed by atoms with Crippen molar-refractivity contribution < 1.29 is 29.1 Å². The number of Topliss-reactive ketones (excluding diaryl/α,β-unsaturated/α-hetero) is 2. The topological polar surface area (TPSA) is 93.1 Å². The van der Waals surface area contributed by atoms with Crippen LogP contribution in [0.3, 0.4) is 0 Å². The van der Waals surface area contributed by atoms with Gasteiger partial charge in [-0.1, -0.05) is 66.2 Å². The van der Waals surface area contributed by atoms with Gasteiger partial charge in [0.15, 0.2) is 11.6 Å². The van der Waals surface area contributed by atoms with E-state index >= 15 is 0 Å². The third-order valence-corrected chi connectivity index (χ3v) is 8.60. The van der Waals surface area contributed by atoms with Gasteiger partial charge in [0.1, 0.15) is 18.1 Å². The second-order valence-corrected chi connectivity index (χ2v) is 11.3. The minimum atomic E-state index is -1.03. The van der Waals surface area contributed by atoms with Crippen LogP contribution in [0.4, 0.5) is 0 Å². The van der Waals surface area contributed by atoms with Crippen molar-refractivity contribution in [1.29, 1.82) is 0 Å². The van der Waals surface area contributed by atoms with E-state index < -0.39 is 25.1 Å². The minimum absolute atomic E-state index is 0.0103. The first kappa shape index (κ1) is 27.2. The number of aromatic hydroxyl groups is 1. The number of allylic oxidation sites excluding steroid dienone is 1. The Kier molecular flexibility index (Phi) is 7.65. The second-order valence-electron chi connectivity index (χ2n) is 11.3. The van der Waals surface area contributed by atoms with Crippen molar-refractivity contribution in [3.05, 3.63) is 112 Å². The van der Waals surface area contributed by atoms with E-state index in [0.717, 1.165) is 28.0 Å². The highest BCUT2D eigenvalue weighted by molar-refractivity contribution is 6.43. The van der Waals surface area contributed by atoms with Crippen LogP contribution >= 0.6 is 0 Å². The third kappa shape index (κ3) is 5.52. The monoisotopic (exact) mass is 548 g/mol. The molecule has 6 rings (SSSR count). The van der Waals surface area contributed by atoms with Gasteiger partial charge in [0, 0.05) is 23.0 Å².